The van der Waals surface area contributed by atoms with Crippen LogP contribution in [0.5, 0.6) is 5.75 Å². The van der Waals surface area contributed by atoms with Gasteiger partial charge in [0.15, 0.2) is 12.0 Å². The standard InChI is InChI=1S/C18H25F3N2O2S/c1-14(15-7-9-16(10-8-15)25-26-18(19,20)21)22-17(24)6-5-13-23-11-3-2-4-12-23/h7-10,14H,2-6,11-13H2,1H3,(H,22,24). The van der Waals surface area contributed by atoms with Crippen LogP contribution in [-0.4, -0.2) is 35.9 Å². The van der Waals surface area contributed by atoms with Gasteiger partial charge in [-0.3, -0.25) is 4.79 Å². The van der Waals surface area contributed by atoms with Crippen LogP contribution in [0.1, 0.15) is 50.6 Å². The molecule has 1 aliphatic rings. The van der Waals surface area contributed by atoms with Gasteiger partial charge in [0.2, 0.25) is 5.91 Å². The molecule has 1 unspecified atom stereocenters. The van der Waals surface area contributed by atoms with Gasteiger partial charge in [-0.15, -0.1) is 0 Å². The first-order chi connectivity index (χ1) is 12.3. The van der Waals surface area contributed by atoms with E-state index >= 15 is 0 Å². The summed E-state index contributed by atoms with van der Waals surface area (Å²) in [5.41, 5.74) is -3.62. The van der Waals surface area contributed by atoms with Gasteiger partial charge < -0.3 is 14.4 Å². The van der Waals surface area contributed by atoms with Crippen molar-refractivity contribution >= 4 is 17.9 Å². The summed E-state index contributed by atoms with van der Waals surface area (Å²) >= 11 is -0.541. The van der Waals surface area contributed by atoms with Crippen LogP contribution in [-0.2, 0) is 4.79 Å². The zero-order chi connectivity index (χ0) is 19.0. The molecule has 4 nitrogen and oxygen atoms in total. The molecule has 1 aliphatic heterocycles. The maximum Gasteiger partial charge on any atom is 0.479 e. The van der Waals surface area contributed by atoms with Gasteiger partial charge in [0.1, 0.15) is 5.75 Å². The molecule has 0 radical (unpaired) electrons. The number of hydrogen-bond acceptors (Lipinski definition) is 4. The molecular weight excluding hydrogens is 365 g/mol. The second-order valence-electron chi connectivity index (χ2n) is 6.48. The van der Waals surface area contributed by atoms with Crippen LogP contribution in [0.4, 0.5) is 13.2 Å². The molecule has 1 N–H and O–H groups in total. The number of carbonyl (C=O) groups excluding carboxylic acids is 1. The molecule has 1 atom stereocenters. The Labute approximate surface area is 156 Å². The largest absolute Gasteiger partial charge is 0.479 e. The molecule has 1 aromatic rings. The second kappa shape index (κ2) is 10.1. The van der Waals surface area contributed by atoms with Crippen molar-refractivity contribution in [2.45, 2.75) is 50.6 Å². The van der Waals surface area contributed by atoms with E-state index in [0.717, 1.165) is 31.6 Å². The van der Waals surface area contributed by atoms with E-state index in [4.69, 9.17) is 0 Å². The lowest BCUT2D eigenvalue weighted by Crippen LogP contribution is -2.32. The van der Waals surface area contributed by atoms with Gasteiger partial charge in [-0.2, -0.15) is 13.2 Å². The molecule has 0 aromatic heterocycles. The number of rotatable bonds is 8. The highest BCUT2D eigenvalue weighted by Gasteiger charge is 2.31. The van der Waals surface area contributed by atoms with Crippen molar-refractivity contribution in [3.63, 3.8) is 0 Å². The first-order valence-electron chi connectivity index (χ1n) is 8.87. The molecule has 8 heteroatoms. The number of hydrogen-bond donors (Lipinski definition) is 1. The van der Waals surface area contributed by atoms with Crippen LogP contribution < -0.4 is 9.50 Å². The number of halogens is 3. The summed E-state index contributed by atoms with van der Waals surface area (Å²) in [7, 11) is 0. The number of nitrogens with zero attached hydrogens (tertiary/aromatic N) is 1. The van der Waals surface area contributed by atoms with Crippen LogP contribution in [0.15, 0.2) is 24.3 Å². The smallest absolute Gasteiger partial charge is 0.417 e. The fourth-order valence-electron chi connectivity index (χ4n) is 2.95. The van der Waals surface area contributed by atoms with Gasteiger partial charge in [0, 0.05) is 6.42 Å². The highest BCUT2D eigenvalue weighted by molar-refractivity contribution is 7.95. The fraction of sp³-hybridized carbons (Fsp3) is 0.611. The average molecular weight is 390 g/mol. The van der Waals surface area contributed by atoms with E-state index in [1.54, 1.807) is 12.1 Å². The number of piperidine rings is 1. The molecule has 1 amide bonds. The Hall–Kier alpha value is -1.41. The van der Waals surface area contributed by atoms with Crippen molar-refractivity contribution in [3.8, 4) is 5.75 Å². The molecule has 0 saturated carbocycles. The molecule has 2 rings (SSSR count). The number of amides is 1. The third-order valence-electron chi connectivity index (χ3n) is 4.32. The predicted molar refractivity (Wildman–Crippen MR) is 96.8 cm³/mol. The fourth-order valence-corrected chi connectivity index (χ4v) is 3.25. The number of likely N-dealkylation sites (tertiary alicyclic amines) is 1. The lowest BCUT2D eigenvalue weighted by Gasteiger charge is -2.26. The van der Waals surface area contributed by atoms with E-state index < -0.39 is 17.6 Å². The number of carbonyl (C=O) groups is 1. The lowest BCUT2D eigenvalue weighted by molar-refractivity contribution is -0.121. The predicted octanol–water partition coefficient (Wildman–Crippen LogP) is 4.68. The minimum absolute atomic E-state index is 0.0116. The van der Waals surface area contributed by atoms with Crippen molar-refractivity contribution < 1.29 is 22.1 Å². The van der Waals surface area contributed by atoms with Gasteiger partial charge in [-0.05, 0) is 63.5 Å². The van der Waals surface area contributed by atoms with E-state index in [1.807, 2.05) is 6.92 Å². The van der Waals surface area contributed by atoms with Gasteiger partial charge in [-0.25, -0.2) is 0 Å². The normalized spacial score (nSPS) is 16.9. The monoisotopic (exact) mass is 390 g/mol. The van der Waals surface area contributed by atoms with Crippen LogP contribution in [0, 0.1) is 0 Å². The maximum atomic E-state index is 12.1. The van der Waals surface area contributed by atoms with Gasteiger partial charge in [-0.1, -0.05) is 18.6 Å². The van der Waals surface area contributed by atoms with Crippen molar-refractivity contribution in [3.05, 3.63) is 29.8 Å². The molecule has 0 aliphatic carbocycles. The van der Waals surface area contributed by atoms with Crippen molar-refractivity contribution in [2.24, 2.45) is 0 Å². The molecule has 1 saturated heterocycles. The zero-order valence-corrected chi connectivity index (χ0v) is 15.7. The summed E-state index contributed by atoms with van der Waals surface area (Å²) in [5.74, 6) is 0.110. The Balaban J connectivity index is 1.70. The van der Waals surface area contributed by atoms with Crippen LogP contribution in [0.2, 0.25) is 0 Å². The SMILES string of the molecule is CC(NC(=O)CCCN1CCCCC1)c1ccc(OSC(F)(F)F)cc1. The summed E-state index contributed by atoms with van der Waals surface area (Å²) in [6, 6.07) is 6.04. The van der Waals surface area contributed by atoms with Crippen molar-refractivity contribution in [1.29, 1.82) is 0 Å². The van der Waals surface area contributed by atoms with Crippen molar-refractivity contribution in [2.75, 3.05) is 19.6 Å². The molecule has 0 bridgehead atoms. The highest BCUT2D eigenvalue weighted by atomic mass is 32.2. The highest BCUT2D eigenvalue weighted by Crippen LogP contribution is 2.32. The first-order valence-corrected chi connectivity index (χ1v) is 9.62. The van der Waals surface area contributed by atoms with E-state index in [9.17, 15) is 18.0 Å². The third kappa shape index (κ3) is 7.86. The zero-order valence-electron chi connectivity index (χ0n) is 14.8. The minimum Gasteiger partial charge on any atom is -0.417 e. The van der Waals surface area contributed by atoms with Crippen LogP contribution in [0.25, 0.3) is 0 Å². The van der Waals surface area contributed by atoms with E-state index in [-0.39, 0.29) is 17.7 Å². The second-order valence-corrected chi connectivity index (χ2v) is 7.27. The van der Waals surface area contributed by atoms with Crippen LogP contribution >= 0.6 is 12.0 Å². The molecule has 146 valence electrons. The van der Waals surface area contributed by atoms with Crippen LogP contribution in [0.3, 0.4) is 0 Å². The molecule has 26 heavy (non-hydrogen) atoms. The topological polar surface area (TPSA) is 41.6 Å². The Morgan fingerprint density at radius 2 is 1.88 bits per heavy atom. The summed E-state index contributed by atoms with van der Waals surface area (Å²) in [5, 5.41) is 2.93. The third-order valence-corrected chi connectivity index (χ3v) is 4.78. The minimum atomic E-state index is -4.44. The summed E-state index contributed by atoms with van der Waals surface area (Å²) in [6.45, 7) is 5.05. The quantitative estimate of drug-likeness (QED) is 0.655. The number of benzene rings is 1. The Kier molecular flexibility index (Phi) is 8.09. The molecule has 1 aromatic carbocycles. The molecular formula is C18H25F3N2O2S. The van der Waals surface area contributed by atoms with Gasteiger partial charge in [0.25, 0.3) is 0 Å². The molecule has 1 fully saturated rings. The molecule has 1 heterocycles. The van der Waals surface area contributed by atoms with Crippen molar-refractivity contribution in [1.82, 2.24) is 10.2 Å². The number of alkyl halides is 3. The summed E-state index contributed by atoms with van der Waals surface area (Å²) in [4.78, 5) is 14.5. The lowest BCUT2D eigenvalue weighted by atomic mass is 10.1. The van der Waals surface area contributed by atoms with E-state index in [0.29, 0.717) is 6.42 Å². The number of nitrogens with one attached hydrogen (secondary N) is 1. The molecule has 0 spiro atoms. The summed E-state index contributed by atoms with van der Waals surface area (Å²) < 4.78 is 40.9. The Morgan fingerprint density at radius 1 is 1.23 bits per heavy atom. The van der Waals surface area contributed by atoms with Gasteiger partial charge >= 0.3 is 5.51 Å². The first kappa shape index (κ1) is 20.9. The van der Waals surface area contributed by atoms with Gasteiger partial charge in [0.05, 0.1) is 6.04 Å². The summed E-state index contributed by atoms with van der Waals surface area (Å²) in [6.07, 6.45) is 5.09. The Morgan fingerprint density at radius 3 is 2.50 bits per heavy atom. The average Bonchev–Trinajstić information content (AvgIpc) is 2.60. The van der Waals surface area contributed by atoms with E-state index in [1.165, 1.54) is 31.4 Å². The van der Waals surface area contributed by atoms with E-state index in [2.05, 4.69) is 14.4 Å². The Bertz CT molecular complexity index is 561. The maximum absolute atomic E-state index is 12.1.